The smallest absolute Gasteiger partial charge is 0.246 e. The molecule has 1 unspecified atom stereocenters. The normalized spacial score (nSPS) is 27.5. The maximum Gasteiger partial charge on any atom is 0.246 e. The Morgan fingerprint density at radius 2 is 1.26 bits per heavy atom. The molecule has 192 valence electrons. The zero-order chi connectivity index (χ0) is 25.2. The lowest BCUT2D eigenvalue weighted by molar-refractivity contribution is -0.146. The number of likely N-dealkylation sites (tertiary alicyclic amines) is 3. The Kier molecular flexibility index (Phi) is 7.83. The second kappa shape index (κ2) is 10.7. The SMILES string of the molecule is CC(C)(CC(=O)N1CCC[C@H]1C(=O)C1CCCC1)CC(=O)N1CCC[C@H]1C(=O)N1CCCC1C#N. The highest BCUT2D eigenvalue weighted by Gasteiger charge is 2.43. The number of Topliss-reactive ketones (excluding diaryl/α,β-unsaturated/α-hetero) is 1. The van der Waals surface area contributed by atoms with E-state index in [1.165, 1.54) is 0 Å². The molecule has 0 spiro atoms. The van der Waals surface area contributed by atoms with Gasteiger partial charge in [0.25, 0.3) is 0 Å². The molecule has 35 heavy (non-hydrogen) atoms. The molecule has 1 aliphatic carbocycles. The van der Waals surface area contributed by atoms with E-state index < -0.39 is 17.5 Å². The number of rotatable bonds is 7. The van der Waals surface area contributed by atoms with Gasteiger partial charge in [0.15, 0.2) is 5.78 Å². The van der Waals surface area contributed by atoms with Crippen LogP contribution >= 0.6 is 0 Å². The van der Waals surface area contributed by atoms with Crippen LogP contribution in [0.5, 0.6) is 0 Å². The maximum absolute atomic E-state index is 13.3. The number of nitriles is 1. The molecule has 3 saturated heterocycles. The van der Waals surface area contributed by atoms with Gasteiger partial charge in [0.05, 0.1) is 12.1 Å². The molecular weight excluding hydrogens is 444 g/mol. The van der Waals surface area contributed by atoms with Crippen LogP contribution in [0, 0.1) is 22.7 Å². The average molecular weight is 485 g/mol. The van der Waals surface area contributed by atoms with Crippen molar-refractivity contribution in [3.05, 3.63) is 0 Å². The number of hydrogen-bond donors (Lipinski definition) is 0. The molecule has 0 aromatic heterocycles. The summed E-state index contributed by atoms with van der Waals surface area (Å²) in [5.41, 5.74) is -0.573. The van der Waals surface area contributed by atoms with E-state index in [2.05, 4.69) is 6.07 Å². The molecule has 4 rings (SSSR count). The number of ketones is 1. The molecule has 0 radical (unpaired) electrons. The first-order chi connectivity index (χ1) is 16.7. The van der Waals surface area contributed by atoms with Crippen LogP contribution < -0.4 is 0 Å². The standard InChI is InChI=1S/C27H40N4O4/c1-27(2,16-23(32)30-14-6-11-21(30)25(34)19-8-3-4-9-19)17-24(33)31-15-7-12-22(31)26(35)29-13-5-10-20(29)18-28/h19-22H,3-17H2,1-2H3/t20?,21-,22-/m0/s1. The third kappa shape index (κ3) is 5.54. The van der Waals surface area contributed by atoms with Crippen molar-refractivity contribution in [2.75, 3.05) is 19.6 Å². The molecule has 0 bridgehead atoms. The molecule has 0 aromatic rings. The van der Waals surface area contributed by atoms with E-state index in [-0.39, 0.29) is 48.3 Å². The lowest BCUT2D eigenvalue weighted by atomic mass is 9.84. The van der Waals surface area contributed by atoms with E-state index in [4.69, 9.17) is 0 Å². The van der Waals surface area contributed by atoms with E-state index in [9.17, 15) is 24.4 Å². The fourth-order valence-electron chi connectivity index (χ4n) is 6.61. The summed E-state index contributed by atoms with van der Waals surface area (Å²) < 4.78 is 0. The molecule has 3 atom stereocenters. The Balaban J connectivity index is 1.35. The van der Waals surface area contributed by atoms with Crippen LogP contribution in [0.25, 0.3) is 0 Å². The molecule has 0 aromatic carbocycles. The van der Waals surface area contributed by atoms with Crippen molar-refractivity contribution in [2.45, 2.75) is 109 Å². The van der Waals surface area contributed by atoms with Gasteiger partial charge in [-0.1, -0.05) is 26.7 Å². The molecule has 3 amide bonds. The highest BCUT2D eigenvalue weighted by molar-refractivity contribution is 5.92. The first-order valence-electron chi connectivity index (χ1n) is 13.5. The predicted octanol–water partition coefficient (Wildman–Crippen LogP) is 3.05. The average Bonchev–Trinajstić information content (AvgIpc) is 3.63. The summed E-state index contributed by atoms with van der Waals surface area (Å²) in [5, 5.41) is 9.36. The predicted molar refractivity (Wildman–Crippen MR) is 130 cm³/mol. The number of carbonyl (C=O) groups excluding carboxylic acids is 4. The van der Waals surface area contributed by atoms with Crippen molar-refractivity contribution in [2.24, 2.45) is 11.3 Å². The molecule has 3 aliphatic heterocycles. The number of nitrogens with zero attached hydrogens (tertiary/aromatic N) is 4. The van der Waals surface area contributed by atoms with Gasteiger partial charge in [-0.05, 0) is 56.8 Å². The summed E-state index contributed by atoms with van der Waals surface area (Å²) in [6, 6.07) is 1.02. The molecule has 0 N–H and O–H groups in total. The van der Waals surface area contributed by atoms with E-state index in [0.29, 0.717) is 32.5 Å². The quantitative estimate of drug-likeness (QED) is 0.553. The Hall–Kier alpha value is -2.43. The summed E-state index contributed by atoms with van der Waals surface area (Å²) in [6.45, 7) is 5.57. The van der Waals surface area contributed by atoms with Crippen LogP contribution in [0.4, 0.5) is 0 Å². The van der Waals surface area contributed by atoms with Crippen molar-refractivity contribution in [3.63, 3.8) is 0 Å². The van der Waals surface area contributed by atoms with Crippen molar-refractivity contribution >= 4 is 23.5 Å². The third-order valence-corrected chi connectivity index (χ3v) is 8.46. The van der Waals surface area contributed by atoms with Gasteiger partial charge in [-0.15, -0.1) is 0 Å². The van der Waals surface area contributed by atoms with Crippen LogP contribution in [-0.2, 0) is 19.2 Å². The van der Waals surface area contributed by atoms with Crippen LogP contribution in [0.3, 0.4) is 0 Å². The first-order valence-corrected chi connectivity index (χ1v) is 13.5. The van der Waals surface area contributed by atoms with E-state index in [1.54, 1.807) is 14.7 Å². The largest absolute Gasteiger partial charge is 0.333 e. The van der Waals surface area contributed by atoms with Crippen molar-refractivity contribution in [1.29, 1.82) is 5.26 Å². The van der Waals surface area contributed by atoms with Crippen molar-refractivity contribution < 1.29 is 19.2 Å². The summed E-state index contributed by atoms with van der Waals surface area (Å²) in [6.07, 6.45) is 8.98. The fraction of sp³-hybridized carbons (Fsp3) is 0.815. The van der Waals surface area contributed by atoms with E-state index in [0.717, 1.165) is 51.4 Å². The molecule has 3 heterocycles. The van der Waals surface area contributed by atoms with Gasteiger partial charge < -0.3 is 14.7 Å². The highest BCUT2D eigenvalue weighted by Crippen LogP contribution is 2.34. The maximum atomic E-state index is 13.3. The number of hydrogen-bond acceptors (Lipinski definition) is 5. The molecule has 8 heteroatoms. The van der Waals surface area contributed by atoms with Gasteiger partial charge in [0.2, 0.25) is 17.7 Å². The summed E-state index contributed by atoms with van der Waals surface area (Å²) in [4.78, 5) is 57.8. The second-order valence-electron chi connectivity index (χ2n) is 11.7. The van der Waals surface area contributed by atoms with Gasteiger partial charge in [-0.2, -0.15) is 5.26 Å². The van der Waals surface area contributed by atoms with Crippen LogP contribution in [0.2, 0.25) is 0 Å². The Morgan fingerprint density at radius 3 is 1.86 bits per heavy atom. The van der Waals surface area contributed by atoms with Crippen molar-refractivity contribution in [1.82, 2.24) is 14.7 Å². The zero-order valence-corrected chi connectivity index (χ0v) is 21.3. The molecule has 8 nitrogen and oxygen atoms in total. The van der Waals surface area contributed by atoms with Gasteiger partial charge in [0, 0.05) is 38.4 Å². The van der Waals surface area contributed by atoms with Gasteiger partial charge in [0.1, 0.15) is 12.1 Å². The minimum atomic E-state index is -0.573. The van der Waals surface area contributed by atoms with Crippen molar-refractivity contribution in [3.8, 4) is 6.07 Å². The number of amides is 3. The molecule has 4 fully saturated rings. The van der Waals surface area contributed by atoms with Crippen LogP contribution in [0.15, 0.2) is 0 Å². The monoisotopic (exact) mass is 484 g/mol. The van der Waals surface area contributed by atoms with Gasteiger partial charge >= 0.3 is 0 Å². The molecular formula is C27H40N4O4. The Morgan fingerprint density at radius 1 is 0.743 bits per heavy atom. The lowest BCUT2D eigenvalue weighted by Gasteiger charge is -2.33. The second-order valence-corrected chi connectivity index (χ2v) is 11.7. The molecule has 4 aliphatic rings. The van der Waals surface area contributed by atoms with Gasteiger partial charge in [-0.25, -0.2) is 0 Å². The topological polar surface area (TPSA) is 102 Å². The Bertz CT molecular complexity index is 888. The fourth-order valence-corrected chi connectivity index (χ4v) is 6.61. The van der Waals surface area contributed by atoms with Crippen LogP contribution in [0.1, 0.15) is 90.9 Å². The summed E-state index contributed by atoms with van der Waals surface area (Å²) >= 11 is 0. The minimum absolute atomic E-state index is 0.0420. The molecule has 1 saturated carbocycles. The van der Waals surface area contributed by atoms with Gasteiger partial charge in [-0.3, -0.25) is 19.2 Å². The lowest BCUT2D eigenvalue weighted by Crippen LogP contribution is -2.50. The zero-order valence-electron chi connectivity index (χ0n) is 21.3. The Labute approximate surface area is 209 Å². The summed E-state index contributed by atoms with van der Waals surface area (Å²) in [7, 11) is 0. The minimum Gasteiger partial charge on any atom is -0.333 e. The summed E-state index contributed by atoms with van der Waals surface area (Å²) in [5.74, 6) is 0.0761. The first kappa shape index (κ1) is 25.7. The van der Waals surface area contributed by atoms with Crippen LogP contribution in [-0.4, -0.2) is 76.0 Å². The third-order valence-electron chi connectivity index (χ3n) is 8.46. The van der Waals surface area contributed by atoms with E-state index in [1.807, 2.05) is 13.8 Å². The highest BCUT2D eigenvalue weighted by atomic mass is 16.2. The van der Waals surface area contributed by atoms with E-state index >= 15 is 0 Å². The number of carbonyl (C=O) groups is 4.